The Morgan fingerprint density at radius 1 is 1.39 bits per heavy atom. The molecule has 0 unspecified atom stereocenters. The van der Waals surface area contributed by atoms with Crippen LogP contribution in [0.2, 0.25) is 0 Å². The maximum Gasteiger partial charge on any atom is 0.417 e. The van der Waals surface area contributed by atoms with Crippen LogP contribution in [0.5, 0.6) is 0 Å². The third kappa shape index (κ3) is 4.64. The van der Waals surface area contributed by atoms with Gasteiger partial charge in [-0.1, -0.05) is 6.92 Å². The summed E-state index contributed by atoms with van der Waals surface area (Å²) in [7, 11) is 0. The quantitative estimate of drug-likeness (QED) is 0.782. The highest BCUT2D eigenvalue weighted by molar-refractivity contribution is 8.00. The van der Waals surface area contributed by atoms with Crippen molar-refractivity contribution in [2.24, 2.45) is 5.92 Å². The molecule has 0 aliphatic carbocycles. The lowest BCUT2D eigenvalue weighted by molar-refractivity contribution is -0.138. The minimum absolute atomic E-state index is 0.0557. The number of hydrogen-bond acceptors (Lipinski definition) is 3. The van der Waals surface area contributed by atoms with Crippen LogP contribution in [0.4, 0.5) is 13.2 Å². The summed E-state index contributed by atoms with van der Waals surface area (Å²) in [5, 5.41) is 8.76. The van der Waals surface area contributed by atoms with Gasteiger partial charge in [-0.2, -0.15) is 18.4 Å². The van der Waals surface area contributed by atoms with E-state index in [4.69, 9.17) is 5.26 Å². The van der Waals surface area contributed by atoms with Gasteiger partial charge in [-0.25, -0.2) is 0 Å². The number of carbonyl (C=O) groups is 1. The molecule has 3 nitrogen and oxygen atoms in total. The number of amides is 1. The van der Waals surface area contributed by atoms with Crippen LogP contribution in [0.3, 0.4) is 0 Å². The summed E-state index contributed by atoms with van der Waals surface area (Å²) in [6.45, 7) is 3.56. The monoisotopic (exact) mass is 342 g/mol. The number of carbonyl (C=O) groups excluding carboxylic acids is 1. The SMILES string of the molecule is CC1CCN(C(=O)CSc2ccc(C#N)c(C(F)(F)F)c2)CC1. The number of halogens is 3. The molecule has 0 spiro atoms. The molecule has 1 saturated heterocycles. The first-order valence-electron chi connectivity index (χ1n) is 7.33. The van der Waals surface area contributed by atoms with Crippen molar-refractivity contribution in [1.29, 1.82) is 5.26 Å². The fourth-order valence-corrected chi connectivity index (χ4v) is 3.28. The maximum atomic E-state index is 12.9. The van der Waals surface area contributed by atoms with E-state index in [1.807, 2.05) is 0 Å². The largest absolute Gasteiger partial charge is 0.417 e. The van der Waals surface area contributed by atoms with Gasteiger partial charge in [0.15, 0.2) is 0 Å². The minimum atomic E-state index is -4.57. The number of nitriles is 1. The Balaban J connectivity index is 2.01. The van der Waals surface area contributed by atoms with Crippen LogP contribution in [0.25, 0.3) is 0 Å². The van der Waals surface area contributed by atoms with Gasteiger partial charge in [0.25, 0.3) is 0 Å². The Bertz CT molecular complexity index is 617. The first kappa shape index (κ1) is 17.7. The van der Waals surface area contributed by atoms with Gasteiger partial charge in [0, 0.05) is 18.0 Å². The number of benzene rings is 1. The van der Waals surface area contributed by atoms with Crippen molar-refractivity contribution in [2.45, 2.75) is 30.8 Å². The van der Waals surface area contributed by atoms with E-state index in [1.165, 1.54) is 6.07 Å². The van der Waals surface area contributed by atoms with Crippen LogP contribution in [-0.4, -0.2) is 29.6 Å². The third-order valence-corrected chi connectivity index (χ3v) is 4.89. The Labute approximate surface area is 137 Å². The molecule has 1 aromatic carbocycles. The minimum Gasteiger partial charge on any atom is -0.342 e. The van der Waals surface area contributed by atoms with Gasteiger partial charge >= 0.3 is 6.18 Å². The molecule has 0 atom stereocenters. The Morgan fingerprint density at radius 3 is 2.61 bits per heavy atom. The molecule has 1 fully saturated rings. The van der Waals surface area contributed by atoms with Gasteiger partial charge in [-0.3, -0.25) is 4.79 Å². The Hall–Kier alpha value is -1.68. The Morgan fingerprint density at radius 2 is 2.04 bits per heavy atom. The average Bonchev–Trinajstić information content (AvgIpc) is 2.52. The van der Waals surface area contributed by atoms with Gasteiger partial charge in [0.2, 0.25) is 5.91 Å². The fourth-order valence-electron chi connectivity index (χ4n) is 2.44. The maximum absolute atomic E-state index is 12.9. The molecular formula is C16H17F3N2OS. The summed E-state index contributed by atoms with van der Waals surface area (Å²) in [5.41, 5.74) is -1.36. The molecule has 1 aliphatic rings. The number of nitrogens with zero attached hydrogens (tertiary/aromatic N) is 2. The highest BCUT2D eigenvalue weighted by Crippen LogP contribution is 2.34. The normalized spacial score (nSPS) is 16.2. The molecule has 7 heteroatoms. The van der Waals surface area contributed by atoms with E-state index in [-0.39, 0.29) is 11.7 Å². The van der Waals surface area contributed by atoms with Crippen LogP contribution in [0.1, 0.15) is 30.9 Å². The predicted molar refractivity (Wildman–Crippen MR) is 81.9 cm³/mol. The molecule has 2 rings (SSSR count). The number of alkyl halides is 3. The highest BCUT2D eigenvalue weighted by Gasteiger charge is 2.34. The smallest absolute Gasteiger partial charge is 0.342 e. The molecule has 124 valence electrons. The molecule has 1 heterocycles. The second-order valence-electron chi connectivity index (χ2n) is 5.67. The summed E-state index contributed by atoms with van der Waals surface area (Å²) in [6.07, 6.45) is -2.65. The van der Waals surface area contributed by atoms with E-state index in [0.717, 1.165) is 36.7 Å². The predicted octanol–water partition coefficient (Wildman–Crippen LogP) is 3.93. The van der Waals surface area contributed by atoms with Gasteiger partial charge in [-0.05, 0) is 37.0 Å². The molecule has 23 heavy (non-hydrogen) atoms. The van der Waals surface area contributed by atoms with Crippen LogP contribution >= 0.6 is 11.8 Å². The van der Waals surface area contributed by atoms with Gasteiger partial charge < -0.3 is 4.90 Å². The van der Waals surface area contributed by atoms with Crippen LogP contribution in [-0.2, 0) is 11.0 Å². The van der Waals surface area contributed by atoms with E-state index in [9.17, 15) is 18.0 Å². The van der Waals surface area contributed by atoms with Gasteiger partial charge in [0.1, 0.15) is 0 Å². The lowest BCUT2D eigenvalue weighted by Crippen LogP contribution is -2.38. The topological polar surface area (TPSA) is 44.1 Å². The second kappa shape index (κ2) is 7.26. The molecule has 1 aromatic rings. The van der Waals surface area contributed by atoms with E-state index >= 15 is 0 Å². The van der Waals surface area contributed by atoms with Crippen molar-refractivity contribution in [3.05, 3.63) is 29.3 Å². The zero-order valence-corrected chi connectivity index (χ0v) is 13.5. The van der Waals surface area contributed by atoms with E-state index in [1.54, 1.807) is 11.0 Å². The number of piperidine rings is 1. The molecule has 1 aliphatic heterocycles. The van der Waals surface area contributed by atoms with Crippen molar-refractivity contribution >= 4 is 17.7 Å². The van der Waals surface area contributed by atoms with E-state index in [0.29, 0.717) is 23.9 Å². The molecule has 0 radical (unpaired) electrons. The van der Waals surface area contributed by atoms with Crippen molar-refractivity contribution in [2.75, 3.05) is 18.8 Å². The van der Waals surface area contributed by atoms with E-state index < -0.39 is 17.3 Å². The van der Waals surface area contributed by atoms with Gasteiger partial charge in [0.05, 0.1) is 22.9 Å². The van der Waals surface area contributed by atoms with Crippen molar-refractivity contribution in [3.8, 4) is 6.07 Å². The standard InChI is InChI=1S/C16H17F3N2OS/c1-11-4-6-21(7-5-11)15(22)10-23-13-3-2-12(9-20)14(8-13)16(17,18)19/h2-3,8,11H,4-7,10H2,1H3. The van der Waals surface area contributed by atoms with Crippen molar-refractivity contribution in [1.82, 2.24) is 4.90 Å². The Kier molecular flexibility index (Phi) is 5.58. The van der Waals surface area contributed by atoms with Crippen molar-refractivity contribution in [3.63, 3.8) is 0 Å². The fraction of sp³-hybridized carbons (Fsp3) is 0.500. The summed E-state index contributed by atoms with van der Waals surface area (Å²) < 4.78 is 38.7. The first-order valence-corrected chi connectivity index (χ1v) is 8.31. The summed E-state index contributed by atoms with van der Waals surface area (Å²) in [6, 6.07) is 5.08. The molecule has 0 bridgehead atoms. The summed E-state index contributed by atoms with van der Waals surface area (Å²) in [5.74, 6) is 0.664. The first-order chi connectivity index (χ1) is 10.8. The molecule has 0 N–H and O–H groups in total. The number of hydrogen-bond donors (Lipinski definition) is 0. The second-order valence-corrected chi connectivity index (χ2v) is 6.72. The number of thioether (sulfide) groups is 1. The van der Waals surface area contributed by atoms with Crippen LogP contribution in [0.15, 0.2) is 23.1 Å². The lowest BCUT2D eigenvalue weighted by Gasteiger charge is -2.30. The van der Waals surface area contributed by atoms with E-state index in [2.05, 4.69) is 6.92 Å². The zero-order valence-electron chi connectivity index (χ0n) is 12.7. The summed E-state index contributed by atoms with van der Waals surface area (Å²) >= 11 is 1.07. The number of likely N-dealkylation sites (tertiary alicyclic amines) is 1. The van der Waals surface area contributed by atoms with Crippen LogP contribution < -0.4 is 0 Å². The summed E-state index contributed by atoms with van der Waals surface area (Å²) in [4.78, 5) is 14.2. The van der Waals surface area contributed by atoms with Gasteiger partial charge in [-0.15, -0.1) is 11.8 Å². The average molecular weight is 342 g/mol. The molecule has 0 aromatic heterocycles. The van der Waals surface area contributed by atoms with Crippen LogP contribution in [0, 0.1) is 17.2 Å². The molecule has 1 amide bonds. The highest BCUT2D eigenvalue weighted by atomic mass is 32.2. The zero-order chi connectivity index (χ0) is 17.0. The lowest BCUT2D eigenvalue weighted by atomic mass is 9.99. The molecule has 0 saturated carbocycles. The van der Waals surface area contributed by atoms with Crippen molar-refractivity contribution < 1.29 is 18.0 Å². The number of rotatable bonds is 3. The third-order valence-electron chi connectivity index (χ3n) is 3.92. The molecular weight excluding hydrogens is 325 g/mol.